The van der Waals surface area contributed by atoms with Gasteiger partial charge in [-0.2, -0.15) is 10.4 Å². The highest BCUT2D eigenvalue weighted by molar-refractivity contribution is 7.80. The second kappa shape index (κ2) is 8.88. The molecule has 7 heteroatoms. The molecule has 0 atom stereocenters. The maximum absolute atomic E-state index is 8.77. The highest BCUT2D eigenvalue weighted by atomic mass is 32.1. The Morgan fingerprint density at radius 1 is 1.48 bits per heavy atom. The van der Waals surface area contributed by atoms with Crippen LogP contribution in [-0.2, 0) is 11.3 Å². The van der Waals surface area contributed by atoms with E-state index in [0.717, 1.165) is 16.5 Å². The van der Waals surface area contributed by atoms with E-state index in [1.165, 1.54) is 0 Å². The lowest BCUT2D eigenvalue weighted by Crippen LogP contribution is -2.34. The summed E-state index contributed by atoms with van der Waals surface area (Å²) in [4.78, 5) is 0. The van der Waals surface area contributed by atoms with E-state index in [9.17, 15) is 0 Å². The van der Waals surface area contributed by atoms with Crippen molar-refractivity contribution in [2.24, 2.45) is 5.10 Å². The highest BCUT2D eigenvalue weighted by Crippen LogP contribution is 2.20. The molecule has 0 bridgehead atoms. The zero-order valence-corrected chi connectivity index (χ0v) is 13.8. The van der Waals surface area contributed by atoms with Gasteiger partial charge in [0.15, 0.2) is 5.11 Å². The number of hydrogen-bond acceptors (Lipinski definition) is 4. The Hall–Kier alpha value is -2.43. The van der Waals surface area contributed by atoms with Crippen molar-refractivity contribution in [2.75, 3.05) is 20.3 Å². The first kappa shape index (κ1) is 16.9. The van der Waals surface area contributed by atoms with Gasteiger partial charge in [-0.05, 0) is 18.3 Å². The number of nitrogens with zero attached hydrogens (tertiary/aromatic N) is 3. The molecular weight excluding hydrogens is 310 g/mol. The number of methoxy groups -OCH3 is 1. The Labute approximate surface area is 140 Å². The van der Waals surface area contributed by atoms with Gasteiger partial charge in [-0.3, -0.25) is 5.43 Å². The molecule has 2 rings (SSSR count). The van der Waals surface area contributed by atoms with Crippen LogP contribution >= 0.6 is 12.2 Å². The van der Waals surface area contributed by atoms with Gasteiger partial charge in [0.2, 0.25) is 0 Å². The summed E-state index contributed by atoms with van der Waals surface area (Å²) in [6, 6.07) is 10.2. The van der Waals surface area contributed by atoms with Crippen LogP contribution in [0.1, 0.15) is 12.0 Å². The summed E-state index contributed by atoms with van der Waals surface area (Å²) in [6.07, 6.45) is 4.20. The molecule has 0 amide bonds. The van der Waals surface area contributed by atoms with Gasteiger partial charge in [0.1, 0.15) is 0 Å². The SMILES string of the molecule is COCCNC(=S)N/N=C\c1cn(CCC#N)c2ccccc12. The molecule has 1 aromatic heterocycles. The number of hydrogen-bond donors (Lipinski definition) is 2. The summed E-state index contributed by atoms with van der Waals surface area (Å²) < 4.78 is 7.00. The number of para-hydroxylation sites is 1. The van der Waals surface area contributed by atoms with Gasteiger partial charge in [-0.25, -0.2) is 0 Å². The number of thiocarbonyl (C=S) groups is 1. The molecule has 2 N–H and O–H groups in total. The topological polar surface area (TPSA) is 74.4 Å². The van der Waals surface area contributed by atoms with Crippen LogP contribution in [0.5, 0.6) is 0 Å². The van der Waals surface area contributed by atoms with Crippen LogP contribution in [0.2, 0.25) is 0 Å². The van der Waals surface area contributed by atoms with Crippen molar-refractivity contribution in [1.82, 2.24) is 15.3 Å². The van der Waals surface area contributed by atoms with E-state index < -0.39 is 0 Å². The average molecular weight is 329 g/mol. The Morgan fingerprint density at radius 2 is 2.30 bits per heavy atom. The molecule has 2 aromatic rings. The fraction of sp³-hybridized carbons (Fsp3) is 0.312. The summed E-state index contributed by atoms with van der Waals surface area (Å²) >= 11 is 5.11. The molecule has 0 saturated carbocycles. The van der Waals surface area contributed by atoms with Crippen molar-refractivity contribution in [3.8, 4) is 6.07 Å². The maximum Gasteiger partial charge on any atom is 0.187 e. The zero-order chi connectivity index (χ0) is 16.5. The Kier molecular flexibility index (Phi) is 6.54. The van der Waals surface area contributed by atoms with Crippen LogP contribution in [0.4, 0.5) is 0 Å². The monoisotopic (exact) mass is 329 g/mol. The lowest BCUT2D eigenvalue weighted by molar-refractivity contribution is 0.204. The first-order valence-corrected chi connectivity index (χ1v) is 7.67. The molecule has 0 aliphatic carbocycles. The van der Waals surface area contributed by atoms with Gasteiger partial charge >= 0.3 is 0 Å². The van der Waals surface area contributed by atoms with Crippen LogP contribution in [0.25, 0.3) is 10.9 Å². The van der Waals surface area contributed by atoms with Crippen LogP contribution in [0.15, 0.2) is 35.6 Å². The Morgan fingerprint density at radius 3 is 3.09 bits per heavy atom. The van der Waals surface area contributed by atoms with Crippen LogP contribution < -0.4 is 10.7 Å². The van der Waals surface area contributed by atoms with Crippen molar-refractivity contribution >= 4 is 34.4 Å². The molecule has 0 spiro atoms. The highest BCUT2D eigenvalue weighted by Gasteiger charge is 2.06. The standard InChI is InChI=1S/C16H19N5OS/c1-22-10-8-18-16(23)20-19-11-13-12-21(9-4-7-17)15-6-3-2-5-14(13)15/h2-3,5-6,11-12H,4,8-10H2,1H3,(H2,18,20,23)/b19-11-. The van der Waals surface area contributed by atoms with Crippen molar-refractivity contribution in [2.45, 2.75) is 13.0 Å². The number of nitrogens with one attached hydrogen (secondary N) is 2. The first-order valence-electron chi connectivity index (χ1n) is 7.27. The lowest BCUT2D eigenvalue weighted by atomic mass is 10.2. The fourth-order valence-corrected chi connectivity index (χ4v) is 2.35. The first-order chi connectivity index (χ1) is 11.3. The molecule has 0 saturated heterocycles. The molecule has 6 nitrogen and oxygen atoms in total. The number of fused-ring (bicyclic) bond motifs is 1. The van der Waals surface area contributed by atoms with E-state index in [1.807, 2.05) is 30.5 Å². The minimum absolute atomic E-state index is 0.450. The van der Waals surface area contributed by atoms with Crippen molar-refractivity contribution in [3.63, 3.8) is 0 Å². The summed E-state index contributed by atoms with van der Waals surface area (Å²) in [5.74, 6) is 0. The van der Waals surface area contributed by atoms with E-state index in [2.05, 4.69) is 26.5 Å². The number of ether oxygens (including phenoxy) is 1. The average Bonchev–Trinajstić information content (AvgIpc) is 2.91. The summed E-state index contributed by atoms with van der Waals surface area (Å²) in [5, 5.41) is 17.5. The van der Waals surface area contributed by atoms with Gasteiger partial charge in [0, 0.05) is 42.9 Å². The molecule has 0 aliphatic heterocycles. The predicted molar refractivity (Wildman–Crippen MR) is 95.4 cm³/mol. The summed E-state index contributed by atoms with van der Waals surface area (Å²) in [6.45, 7) is 1.87. The second-order valence-electron chi connectivity index (χ2n) is 4.82. The minimum Gasteiger partial charge on any atom is -0.383 e. The molecule has 120 valence electrons. The van der Waals surface area contributed by atoms with Gasteiger partial charge in [-0.15, -0.1) is 0 Å². The number of hydrazone groups is 1. The number of aryl methyl sites for hydroxylation is 1. The van der Waals surface area contributed by atoms with Crippen LogP contribution in [-0.4, -0.2) is 36.2 Å². The summed E-state index contributed by atoms with van der Waals surface area (Å²) in [5.41, 5.74) is 4.85. The third kappa shape index (κ3) is 4.77. The number of rotatable bonds is 7. The van der Waals surface area contributed by atoms with E-state index in [-0.39, 0.29) is 0 Å². The number of benzene rings is 1. The maximum atomic E-state index is 8.77. The van der Waals surface area contributed by atoms with Gasteiger partial charge < -0.3 is 14.6 Å². The zero-order valence-electron chi connectivity index (χ0n) is 13.0. The van der Waals surface area contributed by atoms with Gasteiger partial charge in [0.25, 0.3) is 0 Å². The molecule has 0 fully saturated rings. The predicted octanol–water partition coefficient (Wildman–Crippen LogP) is 2.00. The normalized spacial score (nSPS) is 10.8. The second-order valence-corrected chi connectivity index (χ2v) is 5.23. The lowest BCUT2D eigenvalue weighted by Gasteiger charge is -2.05. The molecule has 1 aromatic carbocycles. The Balaban J connectivity index is 2.06. The van der Waals surface area contributed by atoms with E-state index >= 15 is 0 Å². The summed E-state index contributed by atoms with van der Waals surface area (Å²) in [7, 11) is 1.64. The van der Waals surface area contributed by atoms with Crippen molar-refractivity contribution in [3.05, 3.63) is 36.0 Å². The van der Waals surface area contributed by atoms with Gasteiger partial charge in [-0.1, -0.05) is 18.2 Å². The quantitative estimate of drug-likeness (QED) is 0.352. The number of nitriles is 1. The molecule has 1 heterocycles. The van der Waals surface area contributed by atoms with E-state index in [4.69, 9.17) is 22.2 Å². The van der Waals surface area contributed by atoms with Gasteiger partial charge in [0.05, 0.1) is 25.3 Å². The van der Waals surface area contributed by atoms with E-state index in [0.29, 0.717) is 31.2 Å². The number of aromatic nitrogens is 1. The molecule has 0 aliphatic rings. The van der Waals surface area contributed by atoms with Crippen molar-refractivity contribution < 1.29 is 4.74 Å². The Bertz CT molecular complexity index is 732. The van der Waals surface area contributed by atoms with Crippen LogP contribution in [0.3, 0.4) is 0 Å². The molecule has 23 heavy (non-hydrogen) atoms. The van der Waals surface area contributed by atoms with Crippen LogP contribution in [0, 0.1) is 11.3 Å². The minimum atomic E-state index is 0.450. The molecule has 0 unspecified atom stereocenters. The largest absolute Gasteiger partial charge is 0.383 e. The smallest absolute Gasteiger partial charge is 0.187 e. The van der Waals surface area contributed by atoms with E-state index in [1.54, 1.807) is 13.3 Å². The molecule has 0 radical (unpaired) electrons. The third-order valence-electron chi connectivity index (χ3n) is 3.25. The third-order valence-corrected chi connectivity index (χ3v) is 3.48. The molecular formula is C16H19N5OS. The fourth-order valence-electron chi connectivity index (χ4n) is 2.20. The van der Waals surface area contributed by atoms with Crippen molar-refractivity contribution in [1.29, 1.82) is 5.26 Å².